The Kier molecular flexibility index (Phi) is 6.78. The molecule has 0 aromatic rings. The summed E-state index contributed by atoms with van der Waals surface area (Å²) in [5.74, 6) is 0. The van der Waals surface area contributed by atoms with Crippen molar-refractivity contribution in [1.29, 1.82) is 0 Å². The van der Waals surface area contributed by atoms with E-state index in [1.807, 2.05) is 0 Å². The molecule has 0 saturated carbocycles. The van der Waals surface area contributed by atoms with Crippen LogP contribution < -0.4 is 0 Å². The monoisotopic (exact) mass is 199 g/mol. The van der Waals surface area contributed by atoms with E-state index in [9.17, 15) is 17.6 Å². The van der Waals surface area contributed by atoms with Gasteiger partial charge >= 0.3 is 0 Å². The molecule has 0 bridgehead atoms. The van der Waals surface area contributed by atoms with Crippen LogP contribution in [-0.4, -0.2) is 6.43 Å². The van der Waals surface area contributed by atoms with E-state index in [1.165, 1.54) is 0 Å². The molecule has 0 N–H and O–H groups in total. The van der Waals surface area contributed by atoms with E-state index < -0.39 is 12.9 Å². The Morgan fingerprint density at radius 1 is 1.14 bits per heavy atom. The van der Waals surface area contributed by atoms with Crippen LogP contribution >= 0.6 is 0 Å². The van der Waals surface area contributed by atoms with E-state index in [0.717, 1.165) is 0 Å². The molecule has 7 heavy (non-hydrogen) atoms. The number of hydrogen-bond acceptors (Lipinski definition) is 0. The van der Waals surface area contributed by atoms with Crippen molar-refractivity contribution in [3.63, 3.8) is 0 Å². The molecular formula is C2HF4Mo-. The van der Waals surface area contributed by atoms with Gasteiger partial charge in [0.2, 0.25) is 0 Å². The van der Waals surface area contributed by atoms with Gasteiger partial charge in [0, 0.05) is 21.1 Å². The molecule has 0 unspecified atom stereocenters. The second-order valence-electron chi connectivity index (χ2n) is 0.590. The minimum Gasteiger partial charge on any atom is -0.415 e. The van der Waals surface area contributed by atoms with Crippen LogP contribution in [0, 0.1) is 6.43 Å². The van der Waals surface area contributed by atoms with Crippen molar-refractivity contribution >= 4 is 0 Å². The maximum Gasteiger partial charge on any atom is 0.178 e. The van der Waals surface area contributed by atoms with Gasteiger partial charge < -0.3 is 8.78 Å². The van der Waals surface area contributed by atoms with Gasteiger partial charge in [-0.1, -0.05) is 0 Å². The summed E-state index contributed by atoms with van der Waals surface area (Å²) in [4.78, 5) is 0. The zero-order chi connectivity index (χ0) is 5.15. The number of halogens is 4. The summed E-state index contributed by atoms with van der Waals surface area (Å²) in [6.45, 7) is 0. The average molecular weight is 197 g/mol. The van der Waals surface area contributed by atoms with E-state index in [1.54, 1.807) is 0 Å². The zero-order valence-electron chi connectivity index (χ0n) is 3.00. The smallest absolute Gasteiger partial charge is 0.178 e. The van der Waals surface area contributed by atoms with E-state index >= 15 is 0 Å². The van der Waals surface area contributed by atoms with Crippen molar-refractivity contribution in [2.45, 2.75) is 6.43 Å². The number of hydrogen-bond donors (Lipinski definition) is 0. The predicted octanol–water partition coefficient (Wildman–Crippen LogP) is 1.68. The zero-order valence-corrected chi connectivity index (χ0v) is 5.00. The first kappa shape index (κ1) is 10.4. The first-order chi connectivity index (χ1) is 2.64. The fourth-order valence-corrected chi connectivity index (χ4v) is 0. The quantitative estimate of drug-likeness (QED) is 0.340. The molecule has 0 radical (unpaired) electrons. The molecule has 0 aliphatic heterocycles. The molecule has 0 heterocycles. The first-order valence-corrected chi connectivity index (χ1v) is 1.10. The maximum absolute atomic E-state index is 10.4. The third-order valence-corrected chi connectivity index (χ3v) is 0.165. The summed E-state index contributed by atoms with van der Waals surface area (Å²) >= 11 is 0. The Morgan fingerprint density at radius 2 is 1.29 bits per heavy atom. The van der Waals surface area contributed by atoms with Crippen molar-refractivity contribution in [3.8, 4) is 0 Å². The van der Waals surface area contributed by atoms with Gasteiger partial charge in [-0.3, -0.25) is 0 Å². The number of alkyl halides is 2. The minimum absolute atomic E-state index is 0. The normalized spacial score (nSPS) is 9.43. The maximum atomic E-state index is 10.4. The fraction of sp³-hybridized carbons (Fsp3) is 0.500. The summed E-state index contributed by atoms with van der Waals surface area (Å²) in [5, 5.41) is 0. The van der Waals surface area contributed by atoms with Crippen LogP contribution in [0.2, 0.25) is 0 Å². The fourth-order valence-electron chi connectivity index (χ4n) is 0. The van der Waals surface area contributed by atoms with E-state index in [0.29, 0.717) is 0 Å². The Balaban J connectivity index is 0. The Labute approximate surface area is 52.2 Å². The van der Waals surface area contributed by atoms with Crippen LogP contribution in [0.25, 0.3) is 0 Å². The van der Waals surface area contributed by atoms with E-state index in [2.05, 4.69) is 0 Å². The van der Waals surface area contributed by atoms with Gasteiger partial charge in [0.15, 0.2) is 6.43 Å². The average Bonchev–Trinajstić information content (AvgIpc) is 1.36. The Bertz CT molecular complexity index is 30.7. The second kappa shape index (κ2) is 4.56. The summed E-state index contributed by atoms with van der Waals surface area (Å²) in [6, 6.07) is 0. The predicted molar refractivity (Wildman–Crippen MR) is 11.5 cm³/mol. The van der Waals surface area contributed by atoms with Crippen molar-refractivity contribution in [2.75, 3.05) is 0 Å². The van der Waals surface area contributed by atoms with Crippen LogP contribution in [0.5, 0.6) is 0 Å². The van der Waals surface area contributed by atoms with Gasteiger partial charge in [-0.25, -0.2) is 8.78 Å². The van der Waals surface area contributed by atoms with Gasteiger partial charge in [0.25, 0.3) is 0 Å². The minimum atomic E-state index is -3.56. The molecule has 0 amide bonds. The molecule has 0 aliphatic rings. The van der Waals surface area contributed by atoms with Crippen molar-refractivity contribution in [3.05, 3.63) is 6.43 Å². The van der Waals surface area contributed by atoms with Crippen LogP contribution in [0.4, 0.5) is 17.6 Å². The standard InChI is InChI=1S/C2HF4.Mo/c3-1(4)2(5)6;/h1H;/q-1;. The molecule has 0 fully saturated rings. The largest absolute Gasteiger partial charge is 0.415 e. The Hall–Kier alpha value is 0.408. The third-order valence-electron chi connectivity index (χ3n) is 0.165. The summed E-state index contributed by atoms with van der Waals surface area (Å²) < 4.78 is 41.4. The molecule has 0 atom stereocenters. The molecule has 5 heteroatoms. The topological polar surface area (TPSA) is 0 Å². The van der Waals surface area contributed by atoms with Gasteiger partial charge in [-0.15, -0.1) is 0 Å². The van der Waals surface area contributed by atoms with E-state index in [-0.39, 0.29) is 21.1 Å². The van der Waals surface area contributed by atoms with E-state index in [4.69, 9.17) is 0 Å². The molecular weight excluding hydrogens is 196 g/mol. The summed E-state index contributed by atoms with van der Waals surface area (Å²) in [7, 11) is 0. The van der Waals surface area contributed by atoms with Crippen LogP contribution in [-0.2, 0) is 21.1 Å². The molecule has 0 aliphatic carbocycles. The summed E-state index contributed by atoms with van der Waals surface area (Å²) in [6.07, 6.45) is -6.39. The van der Waals surface area contributed by atoms with Gasteiger partial charge in [0.1, 0.15) is 0 Å². The number of rotatable bonds is 1. The van der Waals surface area contributed by atoms with Gasteiger partial charge in [0.05, 0.1) is 6.43 Å². The third kappa shape index (κ3) is 6.41. The van der Waals surface area contributed by atoms with Crippen LogP contribution in [0.1, 0.15) is 0 Å². The summed E-state index contributed by atoms with van der Waals surface area (Å²) in [5.41, 5.74) is 0. The molecule has 0 saturated heterocycles. The van der Waals surface area contributed by atoms with Gasteiger partial charge in [-0.2, -0.15) is 0 Å². The van der Waals surface area contributed by atoms with Crippen LogP contribution in [0.3, 0.4) is 0 Å². The van der Waals surface area contributed by atoms with Crippen molar-refractivity contribution in [2.24, 2.45) is 0 Å². The molecule has 0 rings (SSSR count). The Morgan fingerprint density at radius 3 is 1.29 bits per heavy atom. The molecule has 44 valence electrons. The van der Waals surface area contributed by atoms with Gasteiger partial charge in [-0.05, 0) is 0 Å². The molecule has 0 nitrogen and oxygen atoms in total. The molecule has 0 aromatic heterocycles. The molecule has 0 spiro atoms. The first-order valence-electron chi connectivity index (χ1n) is 1.10. The van der Waals surface area contributed by atoms with Crippen molar-refractivity contribution in [1.82, 2.24) is 0 Å². The SMILES string of the molecule is F[C-](F)C(F)F.[Mo]. The van der Waals surface area contributed by atoms with Crippen LogP contribution in [0.15, 0.2) is 0 Å². The second-order valence-corrected chi connectivity index (χ2v) is 0.590. The van der Waals surface area contributed by atoms with Crippen molar-refractivity contribution < 1.29 is 38.6 Å². The molecule has 0 aromatic carbocycles.